The summed E-state index contributed by atoms with van der Waals surface area (Å²) < 4.78 is 25.6. The Morgan fingerprint density at radius 1 is 0.667 bits per heavy atom. The van der Waals surface area contributed by atoms with Crippen LogP contribution in [0.2, 0.25) is 0 Å². The van der Waals surface area contributed by atoms with Crippen molar-refractivity contribution in [1.29, 1.82) is 0 Å². The van der Waals surface area contributed by atoms with E-state index in [1.807, 2.05) is 20.8 Å². The van der Waals surface area contributed by atoms with E-state index in [4.69, 9.17) is 4.11 Å². The van der Waals surface area contributed by atoms with Crippen molar-refractivity contribution in [2.24, 2.45) is 0 Å². The third-order valence-corrected chi connectivity index (χ3v) is 3.06. The summed E-state index contributed by atoms with van der Waals surface area (Å²) in [7, 11) is 0. The number of hydrogen-bond acceptors (Lipinski definition) is 0. The zero-order valence-corrected chi connectivity index (χ0v) is 13.5. The van der Waals surface area contributed by atoms with Crippen LogP contribution >= 0.6 is 0 Å². The Morgan fingerprint density at radius 3 is 1.44 bits per heavy atom. The van der Waals surface area contributed by atoms with Gasteiger partial charge in [0, 0.05) is 0 Å². The summed E-state index contributed by atoms with van der Waals surface area (Å²) >= 11 is 0. The van der Waals surface area contributed by atoms with E-state index in [0.29, 0.717) is 11.6 Å². The van der Waals surface area contributed by atoms with Crippen LogP contribution in [0.3, 0.4) is 0 Å². The molecule has 1 rings (SSSR count). The van der Waals surface area contributed by atoms with Gasteiger partial charge in [-0.15, -0.1) is 0 Å². The van der Waals surface area contributed by atoms with Crippen molar-refractivity contribution in [1.82, 2.24) is 0 Å². The van der Waals surface area contributed by atoms with Crippen LogP contribution in [0.5, 0.6) is 0 Å². The monoisotopic (exact) mass is 249 g/mol. The van der Waals surface area contributed by atoms with E-state index in [-0.39, 0.29) is 28.3 Å². The van der Waals surface area contributed by atoms with Gasteiger partial charge in [-0.05, 0) is 32.9 Å². The maximum atomic E-state index is 8.71. The van der Waals surface area contributed by atoms with Gasteiger partial charge in [0.2, 0.25) is 0 Å². The van der Waals surface area contributed by atoms with E-state index in [2.05, 4.69) is 41.5 Å². The van der Waals surface area contributed by atoms with Crippen LogP contribution in [0.25, 0.3) is 0 Å². The first kappa shape index (κ1) is 11.1. The molecule has 0 bridgehead atoms. The number of rotatable bonds is 0. The van der Waals surface area contributed by atoms with Crippen LogP contribution in [-0.4, -0.2) is 0 Å². The Labute approximate surface area is 118 Å². The second-order valence-corrected chi connectivity index (χ2v) is 8.25. The average molecular weight is 249 g/mol. The summed E-state index contributed by atoms with van der Waals surface area (Å²) in [5, 5.41) is 0. The fourth-order valence-corrected chi connectivity index (χ4v) is 1.91. The molecule has 0 heterocycles. The maximum absolute atomic E-state index is 8.71. The smallest absolute Gasteiger partial charge is 0.0582 e. The molecule has 0 N–H and O–H groups in total. The van der Waals surface area contributed by atoms with E-state index < -0.39 is 0 Å². The SMILES string of the molecule is [2H]c1c([2H])c(C(C)(C)C)c(C(C)(C)C)c([2H])c1C(C)(C)C. The molecule has 0 saturated carbocycles. The van der Waals surface area contributed by atoms with E-state index in [0.717, 1.165) is 11.1 Å². The maximum Gasteiger partial charge on any atom is 0.0629 e. The molecular weight excluding hydrogens is 216 g/mol. The van der Waals surface area contributed by atoms with Crippen molar-refractivity contribution >= 4 is 0 Å². The van der Waals surface area contributed by atoms with Crippen molar-refractivity contribution in [3.05, 3.63) is 34.8 Å². The molecule has 102 valence electrons. The highest BCUT2D eigenvalue weighted by molar-refractivity contribution is 5.42. The summed E-state index contributed by atoms with van der Waals surface area (Å²) in [5.41, 5.74) is 1.68. The van der Waals surface area contributed by atoms with Crippen molar-refractivity contribution < 1.29 is 4.11 Å². The molecular formula is C18H30. The molecule has 0 spiro atoms. The van der Waals surface area contributed by atoms with Gasteiger partial charge in [-0.2, -0.15) is 0 Å². The van der Waals surface area contributed by atoms with Gasteiger partial charge in [0.15, 0.2) is 0 Å². The summed E-state index contributed by atoms with van der Waals surface area (Å²) in [6.07, 6.45) is 0. The lowest BCUT2D eigenvalue weighted by atomic mass is 9.73. The summed E-state index contributed by atoms with van der Waals surface area (Å²) in [6, 6.07) is 0.944. The largest absolute Gasteiger partial charge is 0.0629 e. The van der Waals surface area contributed by atoms with Crippen molar-refractivity contribution in [2.75, 3.05) is 0 Å². The predicted molar refractivity (Wildman–Crippen MR) is 82.5 cm³/mol. The van der Waals surface area contributed by atoms with Gasteiger partial charge in [0.1, 0.15) is 0 Å². The van der Waals surface area contributed by atoms with Gasteiger partial charge in [0.05, 0.1) is 4.11 Å². The Morgan fingerprint density at radius 2 is 1.11 bits per heavy atom. The first-order valence-electron chi connectivity index (χ1n) is 8.25. The molecule has 0 atom stereocenters. The Bertz CT molecular complexity index is 550. The minimum absolute atomic E-state index is 0.213. The van der Waals surface area contributed by atoms with Gasteiger partial charge in [-0.1, -0.05) is 80.4 Å². The van der Waals surface area contributed by atoms with Gasteiger partial charge in [0.25, 0.3) is 0 Å². The number of hydrogen-bond donors (Lipinski definition) is 0. The van der Waals surface area contributed by atoms with Crippen LogP contribution in [0, 0.1) is 0 Å². The van der Waals surface area contributed by atoms with E-state index in [1.165, 1.54) is 0 Å². The Hall–Kier alpha value is -0.780. The molecule has 0 aliphatic heterocycles. The summed E-state index contributed by atoms with van der Waals surface area (Å²) in [5.74, 6) is 0. The molecule has 0 saturated heterocycles. The third kappa shape index (κ3) is 3.37. The normalized spacial score (nSPS) is 16.2. The molecule has 0 aromatic heterocycles. The standard InChI is InChI=1S/C18H30/c1-16(2,3)13-10-11-14(17(4,5)6)15(12-13)18(7,8)9/h10-12H,1-9H3/i10D,11D,12D. The summed E-state index contributed by atoms with van der Waals surface area (Å²) in [6.45, 7) is 18.5. The van der Waals surface area contributed by atoms with Crippen molar-refractivity contribution in [2.45, 2.75) is 78.6 Å². The van der Waals surface area contributed by atoms with E-state index in [9.17, 15) is 0 Å². The highest BCUT2D eigenvalue weighted by atomic mass is 14.3. The predicted octanol–water partition coefficient (Wildman–Crippen LogP) is 5.58. The molecule has 18 heavy (non-hydrogen) atoms. The molecule has 0 radical (unpaired) electrons. The van der Waals surface area contributed by atoms with Crippen LogP contribution in [0.15, 0.2) is 18.1 Å². The van der Waals surface area contributed by atoms with Crippen LogP contribution < -0.4 is 0 Å². The van der Waals surface area contributed by atoms with Gasteiger partial charge in [-0.25, -0.2) is 0 Å². The van der Waals surface area contributed by atoms with E-state index >= 15 is 0 Å². The molecule has 0 fully saturated rings. The molecule has 0 unspecified atom stereocenters. The molecule has 0 amide bonds. The first-order chi connectivity index (χ1) is 9.10. The minimum atomic E-state index is -0.305. The van der Waals surface area contributed by atoms with Crippen LogP contribution in [-0.2, 0) is 16.2 Å². The Kier molecular flexibility index (Phi) is 2.71. The molecule has 0 heteroatoms. The lowest BCUT2D eigenvalue weighted by Crippen LogP contribution is -2.23. The van der Waals surface area contributed by atoms with Crippen molar-refractivity contribution in [3.8, 4) is 0 Å². The second kappa shape index (κ2) is 4.40. The quantitative estimate of drug-likeness (QED) is 0.563. The average Bonchev–Trinajstić information content (AvgIpc) is 2.17. The zero-order chi connectivity index (χ0) is 17.0. The number of benzene rings is 1. The van der Waals surface area contributed by atoms with Gasteiger partial charge in [-0.3, -0.25) is 0 Å². The molecule has 0 aliphatic rings. The Balaban J connectivity index is 4.05. The summed E-state index contributed by atoms with van der Waals surface area (Å²) in [4.78, 5) is 0. The fourth-order valence-electron chi connectivity index (χ4n) is 1.91. The van der Waals surface area contributed by atoms with Gasteiger partial charge < -0.3 is 0 Å². The van der Waals surface area contributed by atoms with Crippen LogP contribution in [0.1, 0.15) is 83.1 Å². The second-order valence-electron chi connectivity index (χ2n) is 8.25. The first-order valence-corrected chi connectivity index (χ1v) is 6.75. The van der Waals surface area contributed by atoms with Gasteiger partial charge >= 0.3 is 0 Å². The topological polar surface area (TPSA) is 0 Å². The molecule has 0 nitrogen and oxygen atoms in total. The molecule has 0 aliphatic carbocycles. The highest BCUT2D eigenvalue weighted by Gasteiger charge is 2.26. The molecule has 1 aromatic rings. The zero-order valence-electron chi connectivity index (χ0n) is 16.5. The molecule has 1 aromatic carbocycles. The lowest BCUT2D eigenvalue weighted by molar-refractivity contribution is 0.523. The fraction of sp³-hybridized carbons (Fsp3) is 0.667. The third-order valence-electron chi connectivity index (χ3n) is 3.06. The minimum Gasteiger partial charge on any atom is -0.0582 e. The highest BCUT2D eigenvalue weighted by Crippen LogP contribution is 2.36. The lowest BCUT2D eigenvalue weighted by Gasteiger charge is -2.32. The van der Waals surface area contributed by atoms with Crippen LogP contribution in [0.4, 0.5) is 0 Å². The van der Waals surface area contributed by atoms with Crippen molar-refractivity contribution in [3.63, 3.8) is 0 Å². The van der Waals surface area contributed by atoms with E-state index in [1.54, 1.807) is 0 Å².